The van der Waals surface area contributed by atoms with Crippen molar-refractivity contribution in [1.29, 1.82) is 0 Å². The third-order valence-electron chi connectivity index (χ3n) is 5.11. The number of fused-ring (bicyclic) bond motifs is 1. The molecule has 3 heterocycles. The molecule has 1 N–H and O–H groups in total. The molecule has 0 aliphatic heterocycles. The average Bonchev–Trinajstić information content (AvgIpc) is 3.51. The number of carbonyl (C=O) groups excluding carboxylic acids is 1. The van der Waals surface area contributed by atoms with Crippen molar-refractivity contribution < 1.29 is 9.21 Å². The highest BCUT2D eigenvalue weighted by Gasteiger charge is 2.18. The van der Waals surface area contributed by atoms with Gasteiger partial charge in [-0.1, -0.05) is 42.5 Å². The van der Waals surface area contributed by atoms with Crippen LogP contribution in [0.5, 0.6) is 0 Å². The molecule has 31 heavy (non-hydrogen) atoms. The van der Waals surface area contributed by atoms with E-state index in [4.69, 9.17) is 4.42 Å². The summed E-state index contributed by atoms with van der Waals surface area (Å²) >= 11 is 0. The van der Waals surface area contributed by atoms with E-state index in [1.807, 2.05) is 55.5 Å². The first-order chi connectivity index (χ1) is 15.2. The lowest BCUT2D eigenvalue weighted by Gasteiger charge is -2.07. The molecule has 2 aromatic carbocycles. The second kappa shape index (κ2) is 7.91. The van der Waals surface area contributed by atoms with Crippen molar-refractivity contribution in [3.8, 4) is 11.3 Å². The summed E-state index contributed by atoms with van der Waals surface area (Å²) in [6.07, 6.45) is 4.70. The van der Waals surface area contributed by atoms with Gasteiger partial charge in [-0.2, -0.15) is 5.10 Å². The zero-order valence-electron chi connectivity index (χ0n) is 16.9. The Kier molecular flexibility index (Phi) is 4.80. The van der Waals surface area contributed by atoms with Crippen molar-refractivity contribution in [3.63, 3.8) is 0 Å². The van der Waals surface area contributed by atoms with Gasteiger partial charge in [-0.25, -0.2) is 9.97 Å². The van der Waals surface area contributed by atoms with Crippen LogP contribution in [0.4, 0.5) is 5.69 Å². The largest absolute Gasteiger partial charge is 0.443 e. The van der Waals surface area contributed by atoms with Crippen LogP contribution in [-0.4, -0.2) is 30.2 Å². The number of aryl methyl sites for hydroxylation is 3. The highest BCUT2D eigenvalue weighted by atomic mass is 16.3. The van der Waals surface area contributed by atoms with Gasteiger partial charge in [-0.15, -0.1) is 0 Å². The summed E-state index contributed by atoms with van der Waals surface area (Å²) in [4.78, 5) is 21.4. The number of carbonyl (C=O) groups is 1. The fourth-order valence-electron chi connectivity index (χ4n) is 3.62. The van der Waals surface area contributed by atoms with Gasteiger partial charge in [0.2, 0.25) is 0 Å². The summed E-state index contributed by atoms with van der Waals surface area (Å²) in [7, 11) is 0. The quantitative estimate of drug-likeness (QED) is 0.452. The number of nitrogens with zero attached hydrogens (tertiary/aromatic N) is 5. The molecule has 0 unspecified atom stereocenters. The lowest BCUT2D eigenvalue weighted by molar-refractivity contribution is 0.102. The molecule has 0 saturated carbocycles. The van der Waals surface area contributed by atoms with E-state index < -0.39 is 0 Å². The summed E-state index contributed by atoms with van der Waals surface area (Å²) in [6.45, 7) is 3.37. The summed E-state index contributed by atoms with van der Waals surface area (Å²) in [5.74, 6) is 1.05. The van der Waals surface area contributed by atoms with Crippen LogP contribution < -0.4 is 5.32 Å². The van der Waals surface area contributed by atoms with Gasteiger partial charge in [-0.3, -0.25) is 9.48 Å². The summed E-state index contributed by atoms with van der Waals surface area (Å²) < 4.78 is 9.40. The topological polar surface area (TPSA) is 90.8 Å². The third kappa shape index (κ3) is 3.71. The lowest BCUT2D eigenvalue weighted by atomic mass is 10.1. The van der Waals surface area contributed by atoms with Crippen LogP contribution in [0.2, 0.25) is 0 Å². The van der Waals surface area contributed by atoms with Crippen molar-refractivity contribution in [2.45, 2.75) is 20.0 Å². The molecule has 154 valence electrons. The van der Waals surface area contributed by atoms with Crippen LogP contribution in [0.3, 0.4) is 0 Å². The Hall–Kier alpha value is -4.20. The normalized spacial score (nSPS) is 11.1. The summed E-state index contributed by atoms with van der Waals surface area (Å²) in [6, 6.07) is 17.5. The molecule has 8 heteroatoms. The van der Waals surface area contributed by atoms with Crippen molar-refractivity contribution in [2.24, 2.45) is 0 Å². The van der Waals surface area contributed by atoms with Crippen LogP contribution in [-0.2, 0) is 13.1 Å². The predicted octanol–water partition coefficient (Wildman–Crippen LogP) is 4.15. The molecule has 0 spiro atoms. The van der Waals surface area contributed by atoms with E-state index in [9.17, 15) is 4.79 Å². The zero-order valence-corrected chi connectivity index (χ0v) is 16.9. The molecule has 0 aliphatic carbocycles. The van der Waals surface area contributed by atoms with Crippen LogP contribution in [0.15, 0.2) is 77.8 Å². The molecule has 8 nitrogen and oxygen atoms in total. The summed E-state index contributed by atoms with van der Waals surface area (Å²) in [5, 5.41) is 7.21. The number of amides is 1. The fraction of sp³-hybridized carbons (Fsp3) is 0.130. The zero-order chi connectivity index (χ0) is 21.2. The Labute approximate surface area is 178 Å². The van der Waals surface area contributed by atoms with E-state index in [-0.39, 0.29) is 11.6 Å². The van der Waals surface area contributed by atoms with Gasteiger partial charge >= 0.3 is 0 Å². The molecule has 0 aliphatic rings. The Morgan fingerprint density at radius 3 is 2.74 bits per heavy atom. The smallest absolute Gasteiger partial charge is 0.278 e. The number of nitrogens with one attached hydrogen (secondary N) is 1. The fourth-order valence-corrected chi connectivity index (χ4v) is 3.62. The van der Waals surface area contributed by atoms with Crippen molar-refractivity contribution in [3.05, 3.63) is 84.9 Å². The Balaban J connectivity index is 1.28. The SMILES string of the molecule is Cc1nc2ccccc2n1CCn1cc(NC(=O)c2ncoc2-c2ccccc2)cn1. The molecule has 0 atom stereocenters. The molecule has 0 saturated heterocycles. The van der Waals surface area contributed by atoms with E-state index in [0.29, 0.717) is 18.0 Å². The van der Waals surface area contributed by atoms with Gasteiger partial charge < -0.3 is 14.3 Å². The number of hydrogen-bond donors (Lipinski definition) is 1. The minimum atomic E-state index is -0.344. The van der Waals surface area contributed by atoms with Crippen molar-refractivity contribution >= 4 is 22.6 Å². The molecule has 0 bridgehead atoms. The van der Waals surface area contributed by atoms with E-state index in [0.717, 1.165) is 29.0 Å². The van der Waals surface area contributed by atoms with Gasteiger partial charge in [0.1, 0.15) is 5.82 Å². The number of imidazole rings is 1. The molecular weight excluding hydrogens is 392 g/mol. The van der Waals surface area contributed by atoms with Gasteiger partial charge in [0.05, 0.1) is 29.5 Å². The minimum Gasteiger partial charge on any atom is -0.443 e. The van der Waals surface area contributed by atoms with E-state index in [1.54, 1.807) is 17.1 Å². The standard InChI is InChI=1S/C23H20N6O2/c1-16-26-19-9-5-6-10-20(19)29(16)12-11-28-14-18(13-25-28)27-23(30)21-22(31-15-24-21)17-7-3-2-4-8-17/h2-10,13-15H,11-12H2,1H3,(H,27,30). The highest BCUT2D eigenvalue weighted by molar-refractivity contribution is 6.06. The van der Waals surface area contributed by atoms with Crippen molar-refractivity contribution in [1.82, 2.24) is 24.3 Å². The number of anilines is 1. The van der Waals surface area contributed by atoms with Crippen LogP contribution in [0, 0.1) is 6.92 Å². The predicted molar refractivity (Wildman–Crippen MR) is 117 cm³/mol. The second-order valence-corrected chi connectivity index (χ2v) is 7.14. The maximum atomic E-state index is 12.7. The maximum Gasteiger partial charge on any atom is 0.278 e. The van der Waals surface area contributed by atoms with Crippen molar-refractivity contribution in [2.75, 3.05) is 5.32 Å². The molecule has 3 aromatic heterocycles. The van der Waals surface area contributed by atoms with Gasteiger partial charge in [0, 0.05) is 18.3 Å². The molecule has 5 rings (SSSR count). The number of rotatable bonds is 6. The molecular formula is C23H20N6O2. The Morgan fingerprint density at radius 2 is 1.87 bits per heavy atom. The Bertz CT molecular complexity index is 1350. The maximum absolute atomic E-state index is 12.7. The number of oxazole rings is 1. The second-order valence-electron chi connectivity index (χ2n) is 7.14. The number of hydrogen-bond acceptors (Lipinski definition) is 5. The van der Waals surface area contributed by atoms with E-state index in [1.165, 1.54) is 6.39 Å². The van der Waals surface area contributed by atoms with Crippen LogP contribution in [0.25, 0.3) is 22.4 Å². The molecule has 0 fully saturated rings. The lowest BCUT2D eigenvalue weighted by Crippen LogP contribution is -2.13. The highest BCUT2D eigenvalue weighted by Crippen LogP contribution is 2.23. The summed E-state index contributed by atoms with van der Waals surface area (Å²) in [5.41, 5.74) is 3.71. The first kappa shape index (κ1) is 18.8. The average molecular weight is 412 g/mol. The minimum absolute atomic E-state index is 0.236. The number of para-hydroxylation sites is 2. The number of benzene rings is 2. The van der Waals surface area contributed by atoms with E-state index in [2.05, 4.69) is 31.0 Å². The van der Waals surface area contributed by atoms with Gasteiger partial charge in [0.25, 0.3) is 5.91 Å². The van der Waals surface area contributed by atoms with Gasteiger partial charge in [-0.05, 0) is 19.1 Å². The van der Waals surface area contributed by atoms with Crippen LogP contribution in [0.1, 0.15) is 16.3 Å². The van der Waals surface area contributed by atoms with Gasteiger partial charge in [0.15, 0.2) is 17.8 Å². The molecule has 1 amide bonds. The van der Waals surface area contributed by atoms with E-state index >= 15 is 0 Å². The molecule has 0 radical (unpaired) electrons. The first-order valence-electron chi connectivity index (χ1n) is 9.93. The van der Waals surface area contributed by atoms with Crippen LogP contribution >= 0.6 is 0 Å². The Morgan fingerprint density at radius 1 is 1.06 bits per heavy atom. The number of aromatic nitrogens is 5. The monoisotopic (exact) mass is 412 g/mol. The third-order valence-corrected chi connectivity index (χ3v) is 5.11. The first-order valence-corrected chi connectivity index (χ1v) is 9.93. The molecule has 5 aromatic rings.